The highest BCUT2D eigenvalue weighted by atomic mass is 16.1. The second-order valence-electron chi connectivity index (χ2n) is 2.84. The zero-order valence-electron chi connectivity index (χ0n) is 7.40. The van der Waals surface area contributed by atoms with Gasteiger partial charge in [-0.1, -0.05) is 12.1 Å². The lowest BCUT2D eigenvalue weighted by molar-refractivity contribution is 0.112. The molecule has 2 rings (SSSR count). The molecule has 0 aliphatic rings. The van der Waals surface area contributed by atoms with Crippen molar-refractivity contribution in [2.24, 2.45) is 0 Å². The number of carbonyl (C=O) groups excluding carboxylic acids is 1. The Morgan fingerprint density at radius 1 is 1.36 bits per heavy atom. The summed E-state index contributed by atoms with van der Waals surface area (Å²) in [5.41, 5.74) is 1.51. The molecule has 2 aromatic rings. The third-order valence-electron chi connectivity index (χ3n) is 1.80. The first-order valence-corrected chi connectivity index (χ1v) is 4.20. The number of H-pyrrole nitrogens is 1. The molecule has 0 saturated heterocycles. The molecule has 0 radical (unpaired) electrons. The number of hydrogen-bond donors (Lipinski definition) is 2. The van der Waals surface area contributed by atoms with Crippen molar-refractivity contribution in [2.45, 2.75) is 0 Å². The lowest BCUT2D eigenvalue weighted by atomic mass is 10.2. The van der Waals surface area contributed by atoms with Gasteiger partial charge < -0.3 is 5.32 Å². The number of aldehydes is 1. The lowest BCUT2D eigenvalue weighted by Gasteiger charge is -2.02. The Kier molecular flexibility index (Phi) is 2.27. The van der Waals surface area contributed by atoms with E-state index in [0.717, 1.165) is 17.8 Å². The minimum absolute atomic E-state index is 0.648. The molecule has 2 N–H and O–H groups in total. The third kappa shape index (κ3) is 1.80. The Bertz CT molecular complexity index is 423. The smallest absolute Gasteiger partial charge is 0.150 e. The average Bonchev–Trinajstić information content (AvgIpc) is 2.71. The first-order chi connectivity index (χ1) is 6.88. The first-order valence-electron chi connectivity index (χ1n) is 4.20. The van der Waals surface area contributed by atoms with Gasteiger partial charge in [0.15, 0.2) is 0 Å². The van der Waals surface area contributed by atoms with Gasteiger partial charge in [-0.05, 0) is 12.1 Å². The maximum atomic E-state index is 10.5. The number of nitrogens with one attached hydrogen (secondary N) is 2. The summed E-state index contributed by atoms with van der Waals surface area (Å²) in [6.45, 7) is 0. The highest BCUT2D eigenvalue weighted by Crippen LogP contribution is 2.14. The zero-order chi connectivity index (χ0) is 9.80. The first kappa shape index (κ1) is 8.50. The number of anilines is 2. The van der Waals surface area contributed by atoms with Crippen molar-refractivity contribution < 1.29 is 4.79 Å². The number of aromatic nitrogens is 2. The molecule has 14 heavy (non-hydrogen) atoms. The molecule has 1 heterocycles. The van der Waals surface area contributed by atoms with Gasteiger partial charge in [0.25, 0.3) is 0 Å². The van der Waals surface area contributed by atoms with E-state index < -0.39 is 0 Å². The highest BCUT2D eigenvalue weighted by molar-refractivity contribution is 5.77. The molecule has 1 aromatic heterocycles. The second-order valence-corrected chi connectivity index (χ2v) is 2.84. The molecule has 0 amide bonds. The zero-order valence-corrected chi connectivity index (χ0v) is 7.40. The van der Waals surface area contributed by atoms with E-state index >= 15 is 0 Å². The van der Waals surface area contributed by atoms with E-state index in [1.54, 1.807) is 18.3 Å². The van der Waals surface area contributed by atoms with Gasteiger partial charge in [0.05, 0.1) is 6.20 Å². The molecule has 0 atom stereocenters. The van der Waals surface area contributed by atoms with Crippen LogP contribution in [0.5, 0.6) is 0 Å². The van der Waals surface area contributed by atoms with E-state index in [2.05, 4.69) is 15.5 Å². The van der Waals surface area contributed by atoms with Crippen LogP contribution in [0, 0.1) is 0 Å². The summed E-state index contributed by atoms with van der Waals surface area (Å²) in [5, 5.41) is 9.66. The van der Waals surface area contributed by atoms with E-state index in [1.165, 1.54) is 0 Å². The van der Waals surface area contributed by atoms with Crippen molar-refractivity contribution in [2.75, 3.05) is 5.32 Å². The quantitative estimate of drug-likeness (QED) is 0.722. The molecule has 1 aromatic carbocycles. The van der Waals surface area contributed by atoms with Gasteiger partial charge in [0.1, 0.15) is 12.1 Å². The van der Waals surface area contributed by atoms with E-state index in [1.807, 2.05) is 18.2 Å². The molecule has 0 spiro atoms. The van der Waals surface area contributed by atoms with Crippen molar-refractivity contribution in [3.63, 3.8) is 0 Å². The summed E-state index contributed by atoms with van der Waals surface area (Å²) in [6, 6.07) is 9.04. The van der Waals surface area contributed by atoms with E-state index in [-0.39, 0.29) is 0 Å². The van der Waals surface area contributed by atoms with Gasteiger partial charge in [0.2, 0.25) is 0 Å². The van der Waals surface area contributed by atoms with Crippen LogP contribution in [-0.4, -0.2) is 16.5 Å². The topological polar surface area (TPSA) is 57.8 Å². The maximum absolute atomic E-state index is 10.5. The van der Waals surface area contributed by atoms with E-state index in [9.17, 15) is 4.79 Å². The summed E-state index contributed by atoms with van der Waals surface area (Å²) in [5.74, 6) is 0.799. The molecule has 0 bridgehead atoms. The Balaban J connectivity index is 2.21. The SMILES string of the molecule is O=Cc1cccc(Nc2ccn[nH]2)c1. The van der Waals surface area contributed by atoms with Crippen LogP contribution in [0.15, 0.2) is 36.5 Å². The lowest BCUT2D eigenvalue weighted by Crippen LogP contribution is -1.91. The number of hydrogen-bond acceptors (Lipinski definition) is 3. The van der Waals surface area contributed by atoms with Crippen LogP contribution in [0.1, 0.15) is 10.4 Å². The number of rotatable bonds is 3. The summed E-state index contributed by atoms with van der Waals surface area (Å²) >= 11 is 0. The summed E-state index contributed by atoms with van der Waals surface area (Å²) in [6.07, 6.45) is 2.48. The van der Waals surface area contributed by atoms with Crippen molar-refractivity contribution in [1.29, 1.82) is 0 Å². The monoisotopic (exact) mass is 187 g/mol. The minimum Gasteiger partial charge on any atom is -0.341 e. The molecule has 0 aliphatic heterocycles. The number of nitrogens with zero attached hydrogens (tertiary/aromatic N) is 1. The van der Waals surface area contributed by atoms with Crippen LogP contribution in [0.4, 0.5) is 11.5 Å². The fourth-order valence-corrected chi connectivity index (χ4v) is 1.17. The van der Waals surface area contributed by atoms with Crippen molar-refractivity contribution in [3.05, 3.63) is 42.1 Å². The van der Waals surface area contributed by atoms with Crippen molar-refractivity contribution >= 4 is 17.8 Å². The molecular formula is C10H9N3O. The number of carbonyl (C=O) groups is 1. The molecule has 0 aliphatic carbocycles. The largest absolute Gasteiger partial charge is 0.341 e. The molecule has 0 fully saturated rings. The van der Waals surface area contributed by atoms with Crippen LogP contribution in [-0.2, 0) is 0 Å². The molecule has 0 unspecified atom stereocenters. The van der Waals surface area contributed by atoms with Gasteiger partial charge in [-0.25, -0.2) is 0 Å². The number of benzene rings is 1. The molecule has 0 saturated carbocycles. The minimum atomic E-state index is 0.648. The third-order valence-corrected chi connectivity index (χ3v) is 1.80. The fourth-order valence-electron chi connectivity index (χ4n) is 1.17. The second kappa shape index (κ2) is 3.74. The fraction of sp³-hybridized carbons (Fsp3) is 0. The van der Waals surface area contributed by atoms with Crippen LogP contribution in [0.3, 0.4) is 0 Å². The average molecular weight is 187 g/mol. The normalized spacial score (nSPS) is 9.71. The van der Waals surface area contributed by atoms with Crippen molar-refractivity contribution in [1.82, 2.24) is 10.2 Å². The summed E-state index contributed by atoms with van der Waals surface area (Å²) < 4.78 is 0. The Morgan fingerprint density at radius 3 is 3.00 bits per heavy atom. The maximum Gasteiger partial charge on any atom is 0.150 e. The van der Waals surface area contributed by atoms with Crippen LogP contribution >= 0.6 is 0 Å². The van der Waals surface area contributed by atoms with Gasteiger partial charge in [-0.3, -0.25) is 9.89 Å². The Hall–Kier alpha value is -2.10. The standard InChI is InChI=1S/C10H9N3O/c14-7-8-2-1-3-9(6-8)12-10-4-5-11-13-10/h1-7H,(H2,11,12,13). The molecule has 70 valence electrons. The van der Waals surface area contributed by atoms with Crippen LogP contribution < -0.4 is 5.32 Å². The van der Waals surface area contributed by atoms with Crippen molar-refractivity contribution in [3.8, 4) is 0 Å². The van der Waals surface area contributed by atoms with Crippen LogP contribution in [0.25, 0.3) is 0 Å². The predicted molar refractivity (Wildman–Crippen MR) is 53.7 cm³/mol. The van der Waals surface area contributed by atoms with E-state index in [0.29, 0.717) is 5.56 Å². The molecule has 4 heteroatoms. The Labute approximate surface area is 81.0 Å². The summed E-state index contributed by atoms with van der Waals surface area (Å²) in [7, 11) is 0. The molecule has 4 nitrogen and oxygen atoms in total. The Morgan fingerprint density at radius 2 is 2.29 bits per heavy atom. The summed E-state index contributed by atoms with van der Waals surface area (Å²) in [4.78, 5) is 10.5. The molecular weight excluding hydrogens is 178 g/mol. The number of aromatic amines is 1. The van der Waals surface area contributed by atoms with Gasteiger partial charge in [-0.2, -0.15) is 5.10 Å². The highest BCUT2D eigenvalue weighted by Gasteiger charge is 1.96. The van der Waals surface area contributed by atoms with Gasteiger partial charge >= 0.3 is 0 Å². The van der Waals surface area contributed by atoms with Crippen LogP contribution in [0.2, 0.25) is 0 Å². The van der Waals surface area contributed by atoms with Gasteiger partial charge in [-0.15, -0.1) is 0 Å². The van der Waals surface area contributed by atoms with E-state index in [4.69, 9.17) is 0 Å². The van der Waals surface area contributed by atoms with Gasteiger partial charge in [0, 0.05) is 17.3 Å². The predicted octanol–water partition coefficient (Wildman–Crippen LogP) is 1.97.